The van der Waals surface area contributed by atoms with E-state index in [0.717, 1.165) is 12.8 Å². The van der Waals surface area contributed by atoms with Crippen LogP contribution in [0.15, 0.2) is 36.5 Å². The SMILES string of the molecule is Nc1c(C(=O)C2CC2)cnc2ccc(-c3cc(F)c(C=O)c(Cl)c3)cc12. The van der Waals surface area contributed by atoms with Crippen molar-refractivity contribution < 1.29 is 14.0 Å². The Hall–Kier alpha value is -2.79. The van der Waals surface area contributed by atoms with Gasteiger partial charge in [-0.1, -0.05) is 17.7 Å². The molecular weight excluding hydrogens is 355 g/mol. The van der Waals surface area contributed by atoms with Crippen molar-refractivity contribution in [3.63, 3.8) is 0 Å². The summed E-state index contributed by atoms with van der Waals surface area (Å²) in [6.07, 6.45) is 3.68. The highest BCUT2D eigenvalue weighted by Crippen LogP contribution is 2.36. The number of hydrogen-bond acceptors (Lipinski definition) is 4. The molecule has 0 unspecified atom stereocenters. The van der Waals surface area contributed by atoms with E-state index < -0.39 is 5.82 Å². The van der Waals surface area contributed by atoms with Gasteiger partial charge in [-0.25, -0.2) is 4.39 Å². The Balaban J connectivity index is 1.85. The van der Waals surface area contributed by atoms with Crippen molar-refractivity contribution >= 4 is 40.3 Å². The van der Waals surface area contributed by atoms with Gasteiger partial charge in [0.1, 0.15) is 5.82 Å². The van der Waals surface area contributed by atoms with Crippen LogP contribution in [0.2, 0.25) is 5.02 Å². The van der Waals surface area contributed by atoms with Gasteiger partial charge in [-0.2, -0.15) is 0 Å². The van der Waals surface area contributed by atoms with Gasteiger partial charge in [-0.3, -0.25) is 14.6 Å². The van der Waals surface area contributed by atoms with Crippen molar-refractivity contribution in [3.05, 3.63) is 58.5 Å². The molecule has 1 fully saturated rings. The molecule has 0 amide bonds. The molecule has 2 aromatic carbocycles. The second-order valence-electron chi connectivity index (χ2n) is 6.43. The van der Waals surface area contributed by atoms with Gasteiger partial charge < -0.3 is 5.73 Å². The Morgan fingerprint density at radius 3 is 2.65 bits per heavy atom. The summed E-state index contributed by atoms with van der Waals surface area (Å²) in [6.45, 7) is 0. The Morgan fingerprint density at radius 1 is 1.23 bits per heavy atom. The molecule has 1 aliphatic carbocycles. The van der Waals surface area contributed by atoms with Crippen LogP contribution in [-0.2, 0) is 0 Å². The highest BCUT2D eigenvalue weighted by molar-refractivity contribution is 6.33. The number of anilines is 1. The fourth-order valence-corrected chi connectivity index (χ4v) is 3.27. The number of benzene rings is 2. The summed E-state index contributed by atoms with van der Waals surface area (Å²) in [7, 11) is 0. The molecule has 2 N–H and O–H groups in total. The molecule has 130 valence electrons. The molecule has 4 nitrogen and oxygen atoms in total. The molecular formula is C20H14ClFN2O2. The molecule has 1 saturated carbocycles. The summed E-state index contributed by atoms with van der Waals surface area (Å²) >= 11 is 5.99. The number of pyridine rings is 1. The number of fused-ring (bicyclic) bond motifs is 1. The zero-order valence-electron chi connectivity index (χ0n) is 13.6. The highest BCUT2D eigenvalue weighted by Gasteiger charge is 2.32. The first-order chi connectivity index (χ1) is 12.5. The van der Waals surface area contributed by atoms with Crippen molar-refractivity contribution in [1.82, 2.24) is 4.98 Å². The Morgan fingerprint density at radius 2 is 2.00 bits per heavy atom. The van der Waals surface area contributed by atoms with E-state index in [1.54, 1.807) is 18.2 Å². The van der Waals surface area contributed by atoms with Gasteiger partial charge >= 0.3 is 0 Å². The van der Waals surface area contributed by atoms with Crippen molar-refractivity contribution in [2.24, 2.45) is 5.92 Å². The van der Waals surface area contributed by atoms with Crippen LogP contribution in [0.4, 0.5) is 10.1 Å². The topological polar surface area (TPSA) is 73.1 Å². The minimum Gasteiger partial charge on any atom is -0.398 e. The van der Waals surface area contributed by atoms with Gasteiger partial charge in [0, 0.05) is 17.5 Å². The Kier molecular flexibility index (Phi) is 3.96. The number of carbonyl (C=O) groups excluding carboxylic acids is 2. The van der Waals surface area contributed by atoms with Crippen LogP contribution in [0.25, 0.3) is 22.0 Å². The lowest BCUT2D eigenvalue weighted by atomic mass is 9.98. The molecule has 3 aromatic rings. The summed E-state index contributed by atoms with van der Waals surface area (Å²) in [5, 5.41) is 0.670. The number of Topliss-reactive ketones (excluding diaryl/α,β-unsaturated/α-hetero) is 1. The smallest absolute Gasteiger partial charge is 0.169 e. The third kappa shape index (κ3) is 2.74. The Labute approximate surface area is 153 Å². The number of carbonyl (C=O) groups is 2. The number of aromatic nitrogens is 1. The first-order valence-corrected chi connectivity index (χ1v) is 8.54. The fourth-order valence-electron chi connectivity index (χ4n) is 3.02. The van der Waals surface area contributed by atoms with Crippen LogP contribution in [0.5, 0.6) is 0 Å². The third-order valence-corrected chi connectivity index (χ3v) is 4.97. The lowest BCUT2D eigenvalue weighted by Crippen LogP contribution is -2.07. The van der Waals surface area contributed by atoms with E-state index in [-0.39, 0.29) is 22.3 Å². The zero-order chi connectivity index (χ0) is 18.4. The fraction of sp³-hybridized carbons (Fsp3) is 0.150. The predicted molar refractivity (Wildman–Crippen MR) is 99.0 cm³/mol. The minimum atomic E-state index is -0.689. The van der Waals surface area contributed by atoms with Crippen molar-refractivity contribution in [2.45, 2.75) is 12.8 Å². The predicted octanol–water partition coefficient (Wildman–Crippen LogP) is 4.68. The normalized spacial score (nSPS) is 13.8. The van der Waals surface area contributed by atoms with Gasteiger partial charge in [0.25, 0.3) is 0 Å². The molecule has 0 aliphatic heterocycles. The number of ketones is 1. The maximum Gasteiger partial charge on any atom is 0.169 e. The summed E-state index contributed by atoms with van der Waals surface area (Å²) in [4.78, 5) is 27.6. The number of nitrogen functional groups attached to an aromatic ring is 1. The number of rotatable bonds is 4. The maximum absolute atomic E-state index is 14.1. The van der Waals surface area contributed by atoms with Crippen LogP contribution in [0.3, 0.4) is 0 Å². The first-order valence-electron chi connectivity index (χ1n) is 8.16. The molecule has 0 saturated heterocycles. The molecule has 0 bridgehead atoms. The monoisotopic (exact) mass is 368 g/mol. The van der Waals surface area contributed by atoms with Gasteiger partial charge in [0.15, 0.2) is 12.1 Å². The number of halogens is 2. The van der Waals surface area contributed by atoms with E-state index in [2.05, 4.69) is 4.98 Å². The van der Waals surface area contributed by atoms with Crippen molar-refractivity contribution in [3.8, 4) is 11.1 Å². The van der Waals surface area contributed by atoms with Gasteiger partial charge in [0.05, 0.1) is 27.4 Å². The molecule has 4 rings (SSSR count). The summed E-state index contributed by atoms with van der Waals surface area (Å²) in [6, 6.07) is 8.06. The van der Waals surface area contributed by atoms with E-state index in [9.17, 15) is 14.0 Å². The van der Waals surface area contributed by atoms with E-state index >= 15 is 0 Å². The highest BCUT2D eigenvalue weighted by atomic mass is 35.5. The molecule has 0 spiro atoms. The Bertz CT molecular complexity index is 1050. The summed E-state index contributed by atoms with van der Waals surface area (Å²) in [5.41, 5.74) is 8.69. The second kappa shape index (κ2) is 6.18. The molecule has 6 heteroatoms. The molecule has 26 heavy (non-hydrogen) atoms. The number of nitrogens with zero attached hydrogens (tertiary/aromatic N) is 1. The average molecular weight is 369 g/mol. The van der Waals surface area contributed by atoms with E-state index in [1.165, 1.54) is 18.3 Å². The third-order valence-electron chi connectivity index (χ3n) is 4.65. The van der Waals surface area contributed by atoms with Crippen molar-refractivity contribution in [1.29, 1.82) is 0 Å². The zero-order valence-corrected chi connectivity index (χ0v) is 14.4. The maximum atomic E-state index is 14.1. The van der Waals surface area contributed by atoms with Crippen LogP contribution in [0, 0.1) is 11.7 Å². The number of hydrogen-bond donors (Lipinski definition) is 1. The van der Waals surface area contributed by atoms with Crippen LogP contribution >= 0.6 is 11.6 Å². The first kappa shape index (κ1) is 16.7. The lowest BCUT2D eigenvalue weighted by molar-refractivity contribution is 0.0968. The lowest BCUT2D eigenvalue weighted by Gasteiger charge is -2.10. The van der Waals surface area contributed by atoms with E-state index in [0.29, 0.717) is 39.6 Å². The minimum absolute atomic E-state index is 0.0201. The molecule has 1 aliphatic rings. The van der Waals surface area contributed by atoms with Crippen LogP contribution in [-0.4, -0.2) is 17.1 Å². The van der Waals surface area contributed by atoms with Crippen LogP contribution < -0.4 is 5.73 Å². The van der Waals surface area contributed by atoms with E-state index in [4.69, 9.17) is 17.3 Å². The van der Waals surface area contributed by atoms with Gasteiger partial charge in [-0.15, -0.1) is 0 Å². The standard InChI is InChI=1S/C20H14ClFN2O2/c21-16-6-12(7-17(22)15(16)9-25)11-3-4-18-13(5-11)19(23)14(8-24-18)20(26)10-1-2-10/h3-10H,1-2H2,(H2,23,24). The summed E-state index contributed by atoms with van der Waals surface area (Å²) < 4.78 is 14.1. The van der Waals surface area contributed by atoms with Crippen LogP contribution in [0.1, 0.15) is 33.6 Å². The molecule has 1 aromatic heterocycles. The molecule has 1 heterocycles. The van der Waals surface area contributed by atoms with Gasteiger partial charge in [0.2, 0.25) is 0 Å². The number of aldehydes is 1. The average Bonchev–Trinajstić information content (AvgIpc) is 3.46. The number of nitrogens with two attached hydrogens (primary N) is 1. The van der Waals surface area contributed by atoms with E-state index in [1.807, 2.05) is 0 Å². The second-order valence-corrected chi connectivity index (χ2v) is 6.83. The quantitative estimate of drug-likeness (QED) is 0.536. The summed E-state index contributed by atoms with van der Waals surface area (Å²) in [5.74, 6) is -0.624. The van der Waals surface area contributed by atoms with Crippen molar-refractivity contribution in [2.75, 3.05) is 5.73 Å². The van der Waals surface area contributed by atoms with Gasteiger partial charge in [-0.05, 0) is 48.2 Å². The largest absolute Gasteiger partial charge is 0.398 e. The molecule has 0 radical (unpaired) electrons. The molecule has 0 atom stereocenters.